The SMILES string of the molecule is O=C(c1ccccc1)c1ccccc1NC(Cc1ccc(C#CCn2c3ccccc3c3ccccc32)cc1)C(=O)O. The van der Waals surface area contributed by atoms with E-state index in [9.17, 15) is 14.7 Å². The number of aromatic nitrogens is 1. The molecule has 2 N–H and O–H groups in total. The van der Waals surface area contributed by atoms with Crippen molar-refractivity contribution in [1.82, 2.24) is 4.57 Å². The molecule has 0 amide bonds. The lowest BCUT2D eigenvalue weighted by Gasteiger charge is -2.18. The van der Waals surface area contributed by atoms with E-state index in [0.717, 1.165) is 22.2 Å². The summed E-state index contributed by atoms with van der Waals surface area (Å²) < 4.78 is 2.23. The first kappa shape index (κ1) is 26.6. The van der Waals surface area contributed by atoms with Crippen LogP contribution in [0.25, 0.3) is 21.8 Å². The van der Waals surface area contributed by atoms with E-state index in [1.807, 2.05) is 54.6 Å². The molecule has 0 saturated heterocycles. The van der Waals surface area contributed by atoms with Gasteiger partial charge in [0.05, 0.1) is 6.54 Å². The van der Waals surface area contributed by atoms with Crippen molar-refractivity contribution in [1.29, 1.82) is 0 Å². The van der Waals surface area contributed by atoms with Gasteiger partial charge in [0, 0.05) is 50.6 Å². The molecule has 0 aliphatic heterocycles. The van der Waals surface area contributed by atoms with Crippen LogP contribution in [-0.2, 0) is 17.8 Å². The van der Waals surface area contributed by atoms with Crippen molar-refractivity contribution < 1.29 is 14.7 Å². The molecule has 6 rings (SSSR count). The van der Waals surface area contributed by atoms with Crippen LogP contribution < -0.4 is 5.32 Å². The first-order chi connectivity index (χ1) is 20.6. The average molecular weight is 549 g/mol. The molecule has 5 aromatic carbocycles. The Balaban J connectivity index is 1.17. The maximum Gasteiger partial charge on any atom is 0.326 e. The normalized spacial score (nSPS) is 11.5. The van der Waals surface area contributed by atoms with Gasteiger partial charge in [-0.1, -0.05) is 103 Å². The molecule has 0 aliphatic carbocycles. The second-order valence-corrected chi connectivity index (χ2v) is 10.1. The monoisotopic (exact) mass is 548 g/mol. The van der Waals surface area contributed by atoms with Gasteiger partial charge in [0.1, 0.15) is 6.04 Å². The molecule has 5 heteroatoms. The highest BCUT2D eigenvalue weighted by Gasteiger charge is 2.21. The molecule has 0 spiro atoms. The first-order valence-corrected chi connectivity index (χ1v) is 13.8. The molecule has 0 radical (unpaired) electrons. The predicted octanol–water partition coefficient (Wildman–Crippen LogP) is 7.19. The van der Waals surface area contributed by atoms with Gasteiger partial charge in [0.2, 0.25) is 0 Å². The van der Waals surface area contributed by atoms with Crippen LogP contribution in [-0.4, -0.2) is 27.5 Å². The number of aliphatic carboxylic acids is 1. The molecule has 0 bridgehead atoms. The Labute approximate surface area is 244 Å². The number of nitrogens with one attached hydrogen (secondary N) is 1. The van der Waals surface area contributed by atoms with E-state index in [4.69, 9.17) is 0 Å². The summed E-state index contributed by atoms with van der Waals surface area (Å²) in [7, 11) is 0. The van der Waals surface area contributed by atoms with Crippen molar-refractivity contribution in [2.45, 2.75) is 19.0 Å². The molecular weight excluding hydrogens is 520 g/mol. The van der Waals surface area contributed by atoms with Gasteiger partial charge < -0.3 is 15.0 Å². The lowest BCUT2D eigenvalue weighted by Crippen LogP contribution is -2.32. The van der Waals surface area contributed by atoms with E-state index in [2.05, 4.69) is 58.1 Å². The summed E-state index contributed by atoms with van der Waals surface area (Å²) in [4.78, 5) is 25.3. The summed E-state index contributed by atoms with van der Waals surface area (Å²) in [5.41, 5.74) is 5.50. The number of hydrogen-bond donors (Lipinski definition) is 2. The first-order valence-electron chi connectivity index (χ1n) is 13.8. The van der Waals surface area contributed by atoms with Crippen molar-refractivity contribution >= 4 is 39.2 Å². The van der Waals surface area contributed by atoms with Crippen molar-refractivity contribution in [3.05, 3.63) is 150 Å². The van der Waals surface area contributed by atoms with Gasteiger partial charge in [-0.2, -0.15) is 0 Å². The molecule has 42 heavy (non-hydrogen) atoms. The summed E-state index contributed by atoms with van der Waals surface area (Å²) in [5, 5.41) is 15.5. The number of carboxylic acid groups (broad SMARTS) is 1. The lowest BCUT2D eigenvalue weighted by atomic mass is 10.00. The van der Waals surface area contributed by atoms with Crippen LogP contribution >= 0.6 is 0 Å². The number of hydrogen-bond acceptors (Lipinski definition) is 3. The Morgan fingerprint density at radius 1 is 0.714 bits per heavy atom. The fraction of sp³-hybridized carbons (Fsp3) is 0.0811. The standard InChI is InChI=1S/C37H28N2O3/c40-36(28-12-2-1-3-13-28)31-16-4-7-17-32(31)38-33(37(41)42)25-27-22-20-26(21-23-27)11-10-24-39-34-18-8-5-14-29(34)30-15-6-9-19-35(30)39/h1-9,12-23,33,38H,24-25H2,(H,41,42). The largest absolute Gasteiger partial charge is 0.480 e. The van der Waals surface area contributed by atoms with Gasteiger partial charge >= 0.3 is 5.97 Å². The molecule has 0 saturated carbocycles. The number of anilines is 1. The molecule has 1 atom stereocenters. The summed E-state index contributed by atoms with van der Waals surface area (Å²) in [6.07, 6.45) is 0.248. The molecule has 1 unspecified atom stereocenters. The highest BCUT2D eigenvalue weighted by Crippen LogP contribution is 2.28. The number of nitrogens with zero attached hydrogens (tertiary/aromatic N) is 1. The van der Waals surface area contributed by atoms with Crippen LogP contribution in [0.4, 0.5) is 5.69 Å². The van der Waals surface area contributed by atoms with Crippen LogP contribution in [0, 0.1) is 11.8 Å². The minimum absolute atomic E-state index is 0.160. The van der Waals surface area contributed by atoms with Crippen molar-refractivity contribution in [3.63, 3.8) is 0 Å². The Kier molecular flexibility index (Phi) is 7.52. The summed E-state index contributed by atoms with van der Waals surface area (Å²) in [5.74, 6) is 5.40. The van der Waals surface area contributed by atoms with Gasteiger partial charge in [0.15, 0.2) is 5.78 Å². The Bertz CT molecular complexity index is 1910. The minimum atomic E-state index is -0.994. The number of carbonyl (C=O) groups excluding carboxylic acids is 1. The molecule has 1 heterocycles. The average Bonchev–Trinajstić information content (AvgIpc) is 3.35. The van der Waals surface area contributed by atoms with E-state index in [1.165, 1.54) is 10.8 Å². The molecule has 0 fully saturated rings. The van der Waals surface area contributed by atoms with Crippen LogP contribution in [0.5, 0.6) is 0 Å². The van der Waals surface area contributed by atoms with E-state index in [1.54, 1.807) is 36.4 Å². The molecular formula is C37H28N2O3. The second kappa shape index (κ2) is 11.9. The van der Waals surface area contributed by atoms with Crippen molar-refractivity contribution in [3.8, 4) is 11.8 Å². The third-order valence-corrected chi connectivity index (χ3v) is 7.38. The van der Waals surface area contributed by atoms with Crippen molar-refractivity contribution in [2.75, 3.05) is 5.32 Å². The quantitative estimate of drug-likeness (QED) is 0.156. The lowest BCUT2D eigenvalue weighted by molar-refractivity contribution is -0.137. The van der Waals surface area contributed by atoms with E-state index >= 15 is 0 Å². The number of carboxylic acids is 1. The summed E-state index contributed by atoms with van der Waals surface area (Å²) in [6.45, 7) is 0.557. The molecule has 6 aromatic rings. The van der Waals surface area contributed by atoms with Crippen LogP contribution in [0.3, 0.4) is 0 Å². The number of benzene rings is 5. The van der Waals surface area contributed by atoms with Crippen LogP contribution in [0.15, 0.2) is 127 Å². The zero-order valence-corrected chi connectivity index (χ0v) is 22.8. The van der Waals surface area contributed by atoms with E-state index < -0.39 is 12.0 Å². The number of fused-ring (bicyclic) bond motifs is 3. The summed E-state index contributed by atoms with van der Waals surface area (Å²) in [6, 6.07) is 39.4. The maximum absolute atomic E-state index is 13.1. The Morgan fingerprint density at radius 3 is 1.98 bits per heavy atom. The zero-order chi connectivity index (χ0) is 28.9. The maximum atomic E-state index is 13.1. The minimum Gasteiger partial charge on any atom is -0.480 e. The number of rotatable bonds is 8. The second-order valence-electron chi connectivity index (χ2n) is 10.1. The van der Waals surface area contributed by atoms with E-state index in [-0.39, 0.29) is 12.2 Å². The van der Waals surface area contributed by atoms with Crippen LogP contribution in [0.2, 0.25) is 0 Å². The number of carbonyl (C=O) groups is 2. The molecule has 0 aliphatic rings. The fourth-order valence-electron chi connectivity index (χ4n) is 5.29. The molecule has 5 nitrogen and oxygen atoms in total. The van der Waals surface area contributed by atoms with E-state index in [0.29, 0.717) is 23.4 Å². The van der Waals surface area contributed by atoms with Crippen molar-refractivity contribution in [2.24, 2.45) is 0 Å². The summed E-state index contributed by atoms with van der Waals surface area (Å²) >= 11 is 0. The third kappa shape index (κ3) is 5.52. The highest BCUT2D eigenvalue weighted by molar-refractivity contribution is 6.12. The van der Waals surface area contributed by atoms with Gasteiger partial charge in [-0.15, -0.1) is 0 Å². The van der Waals surface area contributed by atoms with Gasteiger partial charge in [-0.3, -0.25) is 4.79 Å². The molecule has 1 aromatic heterocycles. The van der Waals surface area contributed by atoms with Gasteiger partial charge in [-0.05, 0) is 42.0 Å². The number of para-hydroxylation sites is 3. The Morgan fingerprint density at radius 2 is 1.31 bits per heavy atom. The van der Waals surface area contributed by atoms with Crippen LogP contribution in [0.1, 0.15) is 27.0 Å². The highest BCUT2D eigenvalue weighted by atomic mass is 16.4. The van der Waals surface area contributed by atoms with Gasteiger partial charge in [0.25, 0.3) is 0 Å². The third-order valence-electron chi connectivity index (χ3n) is 7.38. The fourth-order valence-corrected chi connectivity index (χ4v) is 5.29. The predicted molar refractivity (Wildman–Crippen MR) is 168 cm³/mol. The topological polar surface area (TPSA) is 71.3 Å². The Hall–Kier alpha value is -5.60. The molecule has 204 valence electrons. The number of ketones is 1. The zero-order valence-electron chi connectivity index (χ0n) is 22.8. The smallest absolute Gasteiger partial charge is 0.326 e. The van der Waals surface area contributed by atoms with Gasteiger partial charge in [-0.25, -0.2) is 4.79 Å².